The Morgan fingerprint density at radius 3 is 2.50 bits per heavy atom. The molecule has 0 bridgehead atoms. The third-order valence-corrected chi connectivity index (χ3v) is 3.22. The summed E-state index contributed by atoms with van der Waals surface area (Å²) >= 11 is 0. The topological polar surface area (TPSA) is 24.5 Å². The van der Waals surface area contributed by atoms with Crippen molar-refractivity contribution >= 4 is 0 Å². The first-order valence-electron chi connectivity index (χ1n) is 6.88. The molecule has 0 radical (unpaired) electrons. The molecule has 1 heterocycles. The van der Waals surface area contributed by atoms with Crippen LogP contribution in [0.25, 0.3) is 0 Å². The Balaban J connectivity index is 1.71. The highest BCUT2D eigenvalue weighted by Gasteiger charge is 2.09. The fourth-order valence-corrected chi connectivity index (χ4v) is 2.16. The van der Waals surface area contributed by atoms with Gasteiger partial charge >= 0.3 is 0 Å². The van der Waals surface area contributed by atoms with Crippen LogP contribution in [-0.2, 0) is 4.74 Å². The molecule has 0 aromatic rings. The van der Waals surface area contributed by atoms with Gasteiger partial charge in [0, 0.05) is 13.2 Å². The predicted molar refractivity (Wildman–Crippen MR) is 68.9 cm³/mol. The number of hydrogen-bond donors (Lipinski definition) is 1. The maximum absolute atomic E-state index is 5.64. The van der Waals surface area contributed by atoms with E-state index < -0.39 is 0 Å². The first-order chi connectivity index (χ1) is 7.93. The van der Waals surface area contributed by atoms with Gasteiger partial charge in [-0.25, -0.2) is 0 Å². The van der Waals surface area contributed by atoms with Gasteiger partial charge in [-0.3, -0.25) is 0 Å². The van der Waals surface area contributed by atoms with Gasteiger partial charge < -0.3 is 15.0 Å². The lowest BCUT2D eigenvalue weighted by molar-refractivity contribution is 0.108. The van der Waals surface area contributed by atoms with Crippen LogP contribution in [0.5, 0.6) is 0 Å². The highest BCUT2D eigenvalue weighted by molar-refractivity contribution is 4.65. The van der Waals surface area contributed by atoms with Crippen LogP contribution in [-0.4, -0.2) is 51.3 Å². The van der Waals surface area contributed by atoms with E-state index in [1.54, 1.807) is 0 Å². The molecule has 0 unspecified atom stereocenters. The van der Waals surface area contributed by atoms with Gasteiger partial charge in [0.2, 0.25) is 0 Å². The van der Waals surface area contributed by atoms with Crippen molar-refractivity contribution in [1.82, 2.24) is 10.2 Å². The molecule has 0 amide bonds. The Bertz CT molecular complexity index is 147. The lowest BCUT2D eigenvalue weighted by atomic mass is 10.2. The second-order valence-electron chi connectivity index (χ2n) is 4.68. The van der Waals surface area contributed by atoms with Crippen LogP contribution in [0.15, 0.2) is 0 Å². The molecule has 16 heavy (non-hydrogen) atoms. The monoisotopic (exact) mass is 228 g/mol. The molecule has 3 heteroatoms. The Morgan fingerprint density at radius 1 is 1.00 bits per heavy atom. The molecule has 3 nitrogen and oxygen atoms in total. The van der Waals surface area contributed by atoms with E-state index >= 15 is 0 Å². The Kier molecular flexibility index (Phi) is 8.77. The number of nitrogens with zero attached hydrogens (tertiary/aromatic N) is 1. The molecule has 0 aromatic heterocycles. The summed E-state index contributed by atoms with van der Waals surface area (Å²) in [5, 5.41) is 3.17. The second-order valence-corrected chi connectivity index (χ2v) is 4.68. The number of rotatable bonds is 10. The molecule has 1 rings (SSSR count). The normalized spacial score (nSPS) is 17.1. The predicted octanol–water partition coefficient (Wildman–Crippen LogP) is 1.88. The smallest absolute Gasteiger partial charge is 0.0593 e. The van der Waals surface area contributed by atoms with Crippen molar-refractivity contribution in [3.05, 3.63) is 0 Å². The van der Waals surface area contributed by atoms with Crippen LogP contribution < -0.4 is 5.32 Å². The van der Waals surface area contributed by atoms with Crippen molar-refractivity contribution < 1.29 is 4.74 Å². The van der Waals surface area contributed by atoms with Crippen molar-refractivity contribution in [3.63, 3.8) is 0 Å². The quantitative estimate of drug-likeness (QED) is 0.578. The van der Waals surface area contributed by atoms with E-state index in [9.17, 15) is 0 Å². The Morgan fingerprint density at radius 2 is 1.75 bits per heavy atom. The standard InChI is InChI=1S/C13H28N2O/c1-14-8-4-2-3-7-12-16-13-11-15-9-5-6-10-15/h14H,2-13H2,1H3. The van der Waals surface area contributed by atoms with Crippen LogP contribution in [0.2, 0.25) is 0 Å². The molecule has 0 aromatic carbocycles. The first-order valence-corrected chi connectivity index (χ1v) is 6.88. The van der Waals surface area contributed by atoms with Crippen LogP contribution in [0.4, 0.5) is 0 Å². The van der Waals surface area contributed by atoms with Gasteiger partial charge in [-0.05, 0) is 52.4 Å². The van der Waals surface area contributed by atoms with Gasteiger partial charge in [-0.1, -0.05) is 12.8 Å². The van der Waals surface area contributed by atoms with Gasteiger partial charge in [-0.15, -0.1) is 0 Å². The summed E-state index contributed by atoms with van der Waals surface area (Å²) in [7, 11) is 2.02. The highest BCUT2D eigenvalue weighted by atomic mass is 16.5. The van der Waals surface area contributed by atoms with Crippen LogP contribution in [0, 0.1) is 0 Å². The van der Waals surface area contributed by atoms with Crippen molar-refractivity contribution in [2.24, 2.45) is 0 Å². The third-order valence-electron chi connectivity index (χ3n) is 3.22. The maximum atomic E-state index is 5.64. The molecule has 1 N–H and O–H groups in total. The van der Waals surface area contributed by atoms with Gasteiger partial charge in [0.15, 0.2) is 0 Å². The molecule has 0 atom stereocenters. The third kappa shape index (κ3) is 7.20. The minimum Gasteiger partial charge on any atom is -0.380 e. The number of ether oxygens (including phenoxy) is 1. The Labute approximate surface area is 101 Å². The lowest BCUT2D eigenvalue weighted by Gasteiger charge is -2.14. The summed E-state index contributed by atoms with van der Waals surface area (Å²) in [6.07, 6.45) is 7.92. The summed E-state index contributed by atoms with van der Waals surface area (Å²) < 4.78 is 5.64. The molecular weight excluding hydrogens is 200 g/mol. The van der Waals surface area contributed by atoms with Crippen molar-refractivity contribution in [2.45, 2.75) is 38.5 Å². The van der Waals surface area contributed by atoms with E-state index in [0.717, 1.165) is 26.3 Å². The Hall–Kier alpha value is -0.120. The van der Waals surface area contributed by atoms with Crippen LogP contribution in [0.1, 0.15) is 38.5 Å². The fraction of sp³-hybridized carbons (Fsp3) is 1.00. The molecule has 0 saturated carbocycles. The molecule has 1 fully saturated rings. The van der Waals surface area contributed by atoms with E-state index in [2.05, 4.69) is 10.2 Å². The largest absolute Gasteiger partial charge is 0.380 e. The molecule has 0 aliphatic carbocycles. The van der Waals surface area contributed by atoms with E-state index in [1.807, 2.05) is 7.05 Å². The summed E-state index contributed by atoms with van der Waals surface area (Å²) in [6, 6.07) is 0. The molecule has 1 aliphatic heterocycles. The molecular formula is C13H28N2O. The molecule has 0 spiro atoms. The van der Waals surface area contributed by atoms with Crippen molar-refractivity contribution in [1.29, 1.82) is 0 Å². The first kappa shape index (κ1) is 13.9. The van der Waals surface area contributed by atoms with Crippen LogP contribution in [0.3, 0.4) is 0 Å². The van der Waals surface area contributed by atoms with Gasteiger partial charge in [-0.2, -0.15) is 0 Å². The van der Waals surface area contributed by atoms with Gasteiger partial charge in [0.05, 0.1) is 6.61 Å². The summed E-state index contributed by atoms with van der Waals surface area (Å²) in [5.74, 6) is 0. The molecule has 1 aliphatic rings. The molecule has 96 valence electrons. The zero-order valence-corrected chi connectivity index (χ0v) is 10.8. The lowest BCUT2D eigenvalue weighted by Crippen LogP contribution is -2.24. The van der Waals surface area contributed by atoms with Gasteiger partial charge in [0.1, 0.15) is 0 Å². The van der Waals surface area contributed by atoms with E-state index in [1.165, 1.54) is 51.6 Å². The van der Waals surface area contributed by atoms with Crippen molar-refractivity contribution in [3.8, 4) is 0 Å². The minimum atomic E-state index is 0.927. The highest BCUT2D eigenvalue weighted by Crippen LogP contribution is 2.06. The zero-order chi connectivity index (χ0) is 11.5. The summed E-state index contributed by atoms with van der Waals surface area (Å²) in [4.78, 5) is 2.51. The molecule has 1 saturated heterocycles. The SMILES string of the molecule is CNCCCCCCOCCN1CCCC1. The number of nitrogens with one attached hydrogen (secondary N) is 1. The minimum absolute atomic E-state index is 0.927. The zero-order valence-electron chi connectivity index (χ0n) is 10.8. The van der Waals surface area contributed by atoms with E-state index in [0.29, 0.717) is 0 Å². The fourth-order valence-electron chi connectivity index (χ4n) is 2.16. The van der Waals surface area contributed by atoms with Crippen molar-refractivity contribution in [2.75, 3.05) is 46.4 Å². The summed E-state index contributed by atoms with van der Waals surface area (Å²) in [6.45, 7) is 6.74. The van der Waals surface area contributed by atoms with Gasteiger partial charge in [0.25, 0.3) is 0 Å². The summed E-state index contributed by atoms with van der Waals surface area (Å²) in [5.41, 5.74) is 0. The van der Waals surface area contributed by atoms with Crippen LogP contribution >= 0.6 is 0 Å². The van der Waals surface area contributed by atoms with E-state index in [-0.39, 0.29) is 0 Å². The number of hydrogen-bond acceptors (Lipinski definition) is 3. The number of likely N-dealkylation sites (tertiary alicyclic amines) is 1. The second kappa shape index (κ2) is 10.1. The average molecular weight is 228 g/mol. The maximum Gasteiger partial charge on any atom is 0.0593 e. The average Bonchev–Trinajstić information content (AvgIpc) is 2.80. The van der Waals surface area contributed by atoms with E-state index in [4.69, 9.17) is 4.74 Å². The number of unbranched alkanes of at least 4 members (excludes halogenated alkanes) is 3.